The van der Waals surface area contributed by atoms with Crippen LogP contribution in [0.2, 0.25) is 0 Å². The highest BCUT2D eigenvalue weighted by atomic mass is 19.1. The zero-order valence-corrected chi connectivity index (χ0v) is 12.3. The van der Waals surface area contributed by atoms with Gasteiger partial charge in [-0.05, 0) is 23.8 Å². The van der Waals surface area contributed by atoms with Crippen molar-refractivity contribution in [2.24, 2.45) is 0 Å². The van der Waals surface area contributed by atoms with Gasteiger partial charge in [-0.1, -0.05) is 48.5 Å². The van der Waals surface area contributed by atoms with Gasteiger partial charge in [0, 0.05) is 12.0 Å². The number of benzene rings is 2. The van der Waals surface area contributed by atoms with Gasteiger partial charge >= 0.3 is 0 Å². The molecule has 0 bridgehead atoms. The molecule has 3 aromatic rings. The van der Waals surface area contributed by atoms with Crippen molar-refractivity contribution in [1.29, 1.82) is 0 Å². The first-order valence-electron chi connectivity index (χ1n) is 7.52. The Morgan fingerprint density at radius 1 is 0.864 bits per heavy atom. The van der Waals surface area contributed by atoms with Gasteiger partial charge in [-0.25, -0.2) is 4.39 Å². The maximum atomic E-state index is 13.5. The lowest BCUT2D eigenvalue weighted by atomic mass is 10.1. The minimum atomic E-state index is -0.125. The molecule has 0 fully saturated rings. The molecule has 0 saturated heterocycles. The van der Waals surface area contributed by atoms with Crippen LogP contribution in [0.1, 0.15) is 11.3 Å². The van der Waals surface area contributed by atoms with Gasteiger partial charge < -0.3 is 9.73 Å². The second kappa shape index (κ2) is 7.05. The second-order valence-electron chi connectivity index (χ2n) is 5.25. The molecule has 1 aromatic heterocycles. The topological polar surface area (TPSA) is 29.8 Å². The van der Waals surface area contributed by atoms with E-state index >= 15 is 0 Å². The van der Waals surface area contributed by atoms with Gasteiger partial charge in [-0.3, -0.25) is 0 Å². The van der Waals surface area contributed by atoms with E-state index in [0.717, 1.165) is 42.2 Å². The lowest BCUT2D eigenvalue weighted by Gasteiger charge is -2.02. The Kier molecular flexibility index (Phi) is 4.66. The SMILES string of the molecule is Fc1ccccc1CC[NH2+]Cc1ccc(-c2ccccc2)o1. The maximum absolute atomic E-state index is 13.5. The third kappa shape index (κ3) is 3.62. The van der Waals surface area contributed by atoms with Crippen LogP contribution in [0.5, 0.6) is 0 Å². The van der Waals surface area contributed by atoms with Crippen molar-refractivity contribution in [2.45, 2.75) is 13.0 Å². The molecule has 0 aliphatic rings. The van der Waals surface area contributed by atoms with E-state index in [1.807, 2.05) is 54.6 Å². The van der Waals surface area contributed by atoms with Gasteiger partial charge in [-0.15, -0.1) is 0 Å². The van der Waals surface area contributed by atoms with Crippen LogP contribution in [-0.4, -0.2) is 6.54 Å². The Labute approximate surface area is 129 Å². The van der Waals surface area contributed by atoms with Crippen molar-refractivity contribution < 1.29 is 14.1 Å². The lowest BCUT2D eigenvalue weighted by Crippen LogP contribution is -2.83. The lowest BCUT2D eigenvalue weighted by molar-refractivity contribution is -0.671. The Bertz CT molecular complexity index is 721. The van der Waals surface area contributed by atoms with E-state index in [4.69, 9.17) is 4.42 Å². The van der Waals surface area contributed by atoms with Crippen molar-refractivity contribution in [2.75, 3.05) is 6.54 Å². The zero-order valence-electron chi connectivity index (χ0n) is 12.3. The van der Waals surface area contributed by atoms with Gasteiger partial charge in [0.05, 0.1) is 6.54 Å². The Balaban J connectivity index is 1.51. The summed E-state index contributed by atoms with van der Waals surface area (Å²) in [6, 6.07) is 21.0. The summed E-state index contributed by atoms with van der Waals surface area (Å²) in [6.07, 6.45) is 0.721. The van der Waals surface area contributed by atoms with Crippen LogP contribution in [-0.2, 0) is 13.0 Å². The molecule has 2 aromatic carbocycles. The molecule has 0 aliphatic heterocycles. The molecule has 0 aliphatic carbocycles. The minimum Gasteiger partial charge on any atom is -0.455 e. The van der Waals surface area contributed by atoms with E-state index in [-0.39, 0.29) is 5.82 Å². The average molecular weight is 296 g/mol. The number of nitrogens with two attached hydrogens (primary N) is 1. The molecule has 112 valence electrons. The number of quaternary nitrogens is 1. The molecular weight excluding hydrogens is 277 g/mol. The fourth-order valence-corrected chi connectivity index (χ4v) is 2.45. The predicted molar refractivity (Wildman–Crippen MR) is 84.7 cm³/mol. The van der Waals surface area contributed by atoms with Crippen LogP contribution in [0, 0.1) is 5.82 Å². The third-order valence-corrected chi connectivity index (χ3v) is 3.64. The maximum Gasteiger partial charge on any atom is 0.158 e. The summed E-state index contributed by atoms with van der Waals surface area (Å²) in [6.45, 7) is 1.60. The summed E-state index contributed by atoms with van der Waals surface area (Å²) < 4.78 is 19.3. The monoisotopic (exact) mass is 296 g/mol. The highest BCUT2D eigenvalue weighted by molar-refractivity contribution is 5.57. The smallest absolute Gasteiger partial charge is 0.158 e. The van der Waals surface area contributed by atoms with Gasteiger partial charge in [0.15, 0.2) is 5.76 Å². The Morgan fingerprint density at radius 2 is 1.64 bits per heavy atom. The molecular formula is C19H19FNO+. The van der Waals surface area contributed by atoms with E-state index in [1.165, 1.54) is 6.07 Å². The van der Waals surface area contributed by atoms with Crippen LogP contribution in [0.3, 0.4) is 0 Å². The standard InChI is InChI=1S/C19H18FNO/c20-18-9-5-4-6-15(18)12-13-21-14-17-10-11-19(22-17)16-7-2-1-3-8-16/h1-11,21H,12-14H2/p+1. The van der Waals surface area contributed by atoms with E-state index < -0.39 is 0 Å². The molecule has 2 nitrogen and oxygen atoms in total. The fourth-order valence-electron chi connectivity index (χ4n) is 2.45. The average Bonchev–Trinajstić information content (AvgIpc) is 3.03. The van der Waals surface area contributed by atoms with Crippen molar-refractivity contribution in [3.63, 3.8) is 0 Å². The quantitative estimate of drug-likeness (QED) is 0.694. The summed E-state index contributed by atoms with van der Waals surface area (Å²) in [5.74, 6) is 1.70. The van der Waals surface area contributed by atoms with Gasteiger partial charge in [0.25, 0.3) is 0 Å². The summed E-state index contributed by atoms with van der Waals surface area (Å²) in [5, 5.41) is 2.14. The number of furan rings is 1. The van der Waals surface area contributed by atoms with Crippen LogP contribution in [0.25, 0.3) is 11.3 Å². The summed E-state index contributed by atoms with van der Waals surface area (Å²) in [4.78, 5) is 0. The highest BCUT2D eigenvalue weighted by Gasteiger charge is 2.06. The number of hydrogen-bond donors (Lipinski definition) is 1. The molecule has 1 heterocycles. The third-order valence-electron chi connectivity index (χ3n) is 3.64. The van der Waals surface area contributed by atoms with E-state index in [1.54, 1.807) is 6.07 Å². The van der Waals surface area contributed by atoms with Crippen molar-refractivity contribution in [1.82, 2.24) is 0 Å². The molecule has 0 amide bonds. The Hall–Kier alpha value is -2.39. The predicted octanol–water partition coefficient (Wildman–Crippen LogP) is 3.39. The first-order valence-corrected chi connectivity index (χ1v) is 7.52. The first kappa shape index (κ1) is 14.5. The number of hydrogen-bond acceptors (Lipinski definition) is 1. The van der Waals surface area contributed by atoms with Crippen LogP contribution in [0.4, 0.5) is 4.39 Å². The molecule has 22 heavy (non-hydrogen) atoms. The van der Waals surface area contributed by atoms with Gasteiger partial charge in [0.2, 0.25) is 0 Å². The van der Waals surface area contributed by atoms with Crippen molar-refractivity contribution >= 4 is 0 Å². The first-order chi connectivity index (χ1) is 10.8. The van der Waals surface area contributed by atoms with E-state index in [9.17, 15) is 4.39 Å². The summed E-state index contributed by atoms with van der Waals surface area (Å²) in [7, 11) is 0. The molecule has 2 N–H and O–H groups in total. The van der Waals surface area contributed by atoms with E-state index in [0.29, 0.717) is 0 Å². The summed E-state index contributed by atoms with van der Waals surface area (Å²) in [5.41, 5.74) is 1.85. The largest absolute Gasteiger partial charge is 0.455 e. The number of halogens is 1. The van der Waals surface area contributed by atoms with Crippen molar-refractivity contribution in [3.05, 3.63) is 83.9 Å². The molecule has 0 radical (unpaired) electrons. The molecule has 0 spiro atoms. The second-order valence-corrected chi connectivity index (χ2v) is 5.25. The van der Waals surface area contributed by atoms with Crippen LogP contribution < -0.4 is 5.32 Å². The summed E-state index contributed by atoms with van der Waals surface area (Å²) >= 11 is 0. The molecule has 0 atom stereocenters. The fraction of sp³-hybridized carbons (Fsp3) is 0.158. The molecule has 0 saturated carbocycles. The molecule has 0 unspecified atom stereocenters. The molecule has 3 rings (SSSR count). The van der Waals surface area contributed by atoms with Crippen LogP contribution in [0.15, 0.2) is 71.1 Å². The normalized spacial score (nSPS) is 10.8. The Morgan fingerprint density at radius 3 is 2.45 bits per heavy atom. The van der Waals surface area contributed by atoms with E-state index in [2.05, 4.69) is 5.32 Å². The van der Waals surface area contributed by atoms with Gasteiger partial charge in [-0.2, -0.15) is 0 Å². The van der Waals surface area contributed by atoms with Crippen LogP contribution >= 0.6 is 0 Å². The zero-order chi connectivity index (χ0) is 15.2. The number of rotatable bonds is 6. The molecule has 3 heteroatoms. The van der Waals surface area contributed by atoms with Gasteiger partial charge in [0.1, 0.15) is 18.1 Å². The minimum absolute atomic E-state index is 0.125. The highest BCUT2D eigenvalue weighted by Crippen LogP contribution is 2.21. The van der Waals surface area contributed by atoms with Crippen molar-refractivity contribution in [3.8, 4) is 11.3 Å².